The van der Waals surface area contributed by atoms with E-state index in [1.165, 1.54) is 29.4 Å². The van der Waals surface area contributed by atoms with E-state index in [0.717, 1.165) is 13.2 Å². The van der Waals surface area contributed by atoms with Crippen LogP contribution in [-0.2, 0) is 23.2 Å². The van der Waals surface area contributed by atoms with Gasteiger partial charge in [-0.3, -0.25) is 28.8 Å². The number of nitrogens with zero attached hydrogens (tertiary/aromatic N) is 3. The van der Waals surface area contributed by atoms with E-state index in [2.05, 4.69) is 20.5 Å². The number of pyridine rings is 1. The fourth-order valence-corrected chi connectivity index (χ4v) is 6.59. The number of hydrogen-bond acceptors (Lipinski definition) is 12. The number of fused-ring (bicyclic) bond motifs is 4. The highest BCUT2D eigenvalue weighted by Gasteiger charge is 2.53. The number of H-pyrrole nitrogens is 1. The fourth-order valence-electron chi connectivity index (χ4n) is 6.59. The molecule has 0 radical (unpaired) electrons. The molecule has 0 fully saturated rings. The van der Waals surface area contributed by atoms with E-state index in [0.29, 0.717) is 5.56 Å². The summed E-state index contributed by atoms with van der Waals surface area (Å²) in [7, 11) is 1.11. The third kappa shape index (κ3) is 3.71. The van der Waals surface area contributed by atoms with Crippen molar-refractivity contribution in [2.45, 2.75) is 24.8 Å². The first-order chi connectivity index (χ1) is 22.0. The largest absolute Gasteiger partial charge is 0.510 e. The Bertz CT molecular complexity index is 2690. The summed E-state index contributed by atoms with van der Waals surface area (Å²) in [5.41, 5.74) is -4.29. The fraction of sp³-hybridized carbons (Fsp3) is 0.161. The molecule has 1 atom stereocenters. The van der Waals surface area contributed by atoms with E-state index in [1.807, 2.05) is 0 Å². The summed E-state index contributed by atoms with van der Waals surface area (Å²) < 4.78 is 6.42. The monoisotopic (exact) mass is 623 g/mol. The van der Waals surface area contributed by atoms with Crippen molar-refractivity contribution in [1.29, 1.82) is 0 Å². The molecule has 1 unspecified atom stereocenters. The number of amides is 1. The van der Waals surface area contributed by atoms with Gasteiger partial charge in [-0.2, -0.15) is 5.10 Å². The lowest BCUT2D eigenvalue weighted by molar-refractivity contribution is -0.121. The summed E-state index contributed by atoms with van der Waals surface area (Å²) in [6.07, 6.45) is 5.77. The minimum Gasteiger partial charge on any atom is -0.510 e. The first-order valence-electron chi connectivity index (χ1n) is 13.8. The standard InChI is InChI=1S/C31H21N5O10/c1-46-16-8-15(37)19-20(24(16)39)26(41)22-21(25(19)40)28(43)31(29(22)44)3-2-12-6-13-7-14(34-30(45)18(13)27(42)23(12)31)9-33-35-17(38)10-36-5-4-32-11-36/h4-9,11,42-44H,2-3,10H2,1H3,(H,34,45)(H,35,38). The highest BCUT2D eigenvalue weighted by Crippen LogP contribution is 2.54. The van der Waals surface area contributed by atoms with Gasteiger partial charge in [0.05, 0.1) is 51.6 Å². The van der Waals surface area contributed by atoms with Crippen LogP contribution in [0.3, 0.4) is 0 Å². The average molecular weight is 624 g/mol. The minimum absolute atomic E-state index is 0.0348. The number of carbonyl (C=O) groups is 1. The zero-order valence-electron chi connectivity index (χ0n) is 23.7. The molecule has 7 rings (SSSR count). The highest BCUT2D eigenvalue weighted by atomic mass is 16.5. The zero-order valence-corrected chi connectivity index (χ0v) is 23.7. The maximum Gasteiger partial charge on any atom is 0.260 e. The van der Waals surface area contributed by atoms with Crippen LogP contribution in [-0.4, -0.2) is 49.1 Å². The lowest BCUT2D eigenvalue weighted by Gasteiger charge is -2.27. The molecule has 4 aliphatic carbocycles. The lowest BCUT2D eigenvalue weighted by atomic mass is 9.78. The number of phenolic OH excluding ortho intramolecular Hbond substituents is 1. The Morgan fingerprint density at radius 1 is 1.04 bits per heavy atom. The maximum atomic E-state index is 13.6. The second kappa shape index (κ2) is 9.82. The average Bonchev–Trinajstić information content (AvgIpc) is 3.72. The van der Waals surface area contributed by atoms with Crippen molar-refractivity contribution in [3.63, 3.8) is 0 Å². The van der Waals surface area contributed by atoms with Gasteiger partial charge in [0.15, 0.2) is 11.2 Å². The molecule has 2 aromatic heterocycles. The van der Waals surface area contributed by atoms with Crippen LogP contribution in [0.5, 0.6) is 11.5 Å². The van der Waals surface area contributed by atoms with Crippen molar-refractivity contribution in [1.82, 2.24) is 20.0 Å². The van der Waals surface area contributed by atoms with Crippen LogP contribution in [0.25, 0.3) is 22.3 Å². The van der Waals surface area contributed by atoms with Crippen LogP contribution < -0.4 is 47.9 Å². The van der Waals surface area contributed by atoms with Crippen molar-refractivity contribution < 1.29 is 24.9 Å². The molecule has 46 heavy (non-hydrogen) atoms. The number of imidazole rings is 1. The number of hydrazone groups is 1. The number of aryl methyl sites for hydroxylation is 1. The molecule has 15 nitrogen and oxygen atoms in total. The molecule has 4 aliphatic rings. The van der Waals surface area contributed by atoms with Crippen LogP contribution in [0, 0.1) is 10.4 Å². The first kappa shape index (κ1) is 28.4. The SMILES string of the molecule is COc1cc(=O)c2c(=O)c3c(c(=O)c=2c1=O)=C(O)C1(CCc2cc4cc(C=NNC(=O)Cn5ccnc5)[nH]c(=O)c4c(O)c21)C=3O. The molecule has 3 aromatic rings. The molecular formula is C31H21N5O10. The number of aromatic hydroxyl groups is 1. The van der Waals surface area contributed by atoms with Gasteiger partial charge in [-0.05, 0) is 29.9 Å². The number of nitrogens with one attached hydrogen (secondary N) is 2. The van der Waals surface area contributed by atoms with Gasteiger partial charge in [-0.15, -0.1) is 0 Å². The molecule has 15 heteroatoms. The van der Waals surface area contributed by atoms with Crippen LogP contribution in [0.1, 0.15) is 23.2 Å². The van der Waals surface area contributed by atoms with Crippen molar-refractivity contribution in [2.75, 3.05) is 7.11 Å². The zero-order chi connectivity index (χ0) is 32.7. The summed E-state index contributed by atoms with van der Waals surface area (Å²) in [5, 5.41) is 35.6. The molecule has 5 N–H and O–H groups in total. The second-order valence-electron chi connectivity index (χ2n) is 11.0. The number of aliphatic hydroxyl groups excluding tert-OH is 2. The molecule has 1 spiro atoms. The third-order valence-corrected chi connectivity index (χ3v) is 8.55. The van der Waals surface area contributed by atoms with Crippen molar-refractivity contribution in [2.24, 2.45) is 5.10 Å². The number of benzene rings is 1. The Kier molecular flexibility index (Phi) is 6.06. The maximum absolute atomic E-state index is 13.6. The number of aromatic amines is 1. The summed E-state index contributed by atoms with van der Waals surface area (Å²) in [5.74, 6) is -3.11. The molecule has 2 heterocycles. The predicted molar refractivity (Wildman–Crippen MR) is 161 cm³/mol. The van der Waals surface area contributed by atoms with Crippen molar-refractivity contribution in [3.8, 4) is 11.5 Å². The van der Waals surface area contributed by atoms with Gasteiger partial charge >= 0.3 is 0 Å². The second-order valence-corrected chi connectivity index (χ2v) is 11.0. The number of aromatic nitrogens is 3. The number of carbonyl (C=O) groups excluding carboxylic acids is 1. The van der Waals surface area contributed by atoms with Crippen LogP contribution in [0.4, 0.5) is 0 Å². The smallest absolute Gasteiger partial charge is 0.260 e. The molecular weight excluding hydrogens is 602 g/mol. The Morgan fingerprint density at radius 3 is 2.43 bits per heavy atom. The van der Waals surface area contributed by atoms with Gasteiger partial charge in [-0.1, -0.05) is 6.07 Å². The van der Waals surface area contributed by atoms with Crippen LogP contribution in [0.2, 0.25) is 0 Å². The van der Waals surface area contributed by atoms with E-state index in [1.54, 1.807) is 12.3 Å². The molecule has 1 amide bonds. The van der Waals surface area contributed by atoms with Crippen molar-refractivity contribution in [3.05, 3.63) is 126 Å². The summed E-state index contributed by atoms with van der Waals surface area (Å²) in [6, 6.07) is 3.81. The summed E-state index contributed by atoms with van der Waals surface area (Å²) in [4.78, 5) is 84.6. The quantitative estimate of drug-likeness (QED) is 0.105. The molecule has 230 valence electrons. The molecule has 1 aromatic carbocycles. The van der Waals surface area contributed by atoms with Crippen molar-refractivity contribution >= 4 is 34.4 Å². The van der Waals surface area contributed by atoms with E-state index < -0.39 is 82.5 Å². The van der Waals surface area contributed by atoms with E-state index >= 15 is 0 Å². The Hall–Kier alpha value is -6.38. The molecule has 0 saturated carbocycles. The third-order valence-electron chi connectivity index (χ3n) is 8.55. The van der Waals surface area contributed by atoms with Crippen LogP contribution in [0.15, 0.2) is 66.0 Å². The van der Waals surface area contributed by atoms with E-state index in [9.17, 15) is 44.1 Å². The minimum atomic E-state index is -2.01. The predicted octanol–water partition coefficient (Wildman–Crippen LogP) is -2.14. The highest BCUT2D eigenvalue weighted by molar-refractivity contribution is 5.96. The van der Waals surface area contributed by atoms with Gasteiger partial charge in [0.25, 0.3) is 11.5 Å². The Morgan fingerprint density at radius 2 is 1.76 bits per heavy atom. The number of ether oxygens (including phenoxy) is 1. The van der Waals surface area contributed by atoms with Gasteiger partial charge < -0.3 is 29.6 Å². The normalized spacial score (nSPS) is 17.0. The Labute approximate surface area is 253 Å². The number of phenols is 1. The topological polar surface area (TPSA) is 230 Å². The Balaban J connectivity index is 1.39. The number of aliphatic hydroxyl groups is 2. The van der Waals surface area contributed by atoms with Gasteiger partial charge in [0.2, 0.25) is 16.3 Å². The summed E-state index contributed by atoms with van der Waals surface area (Å²) >= 11 is 0. The van der Waals surface area contributed by atoms with Gasteiger partial charge in [-0.25, -0.2) is 10.4 Å². The first-order valence-corrected chi connectivity index (χ1v) is 13.8. The summed E-state index contributed by atoms with van der Waals surface area (Å²) in [6.45, 7) is -0.0348. The molecule has 0 saturated heterocycles. The molecule has 0 aliphatic heterocycles. The molecule has 0 bridgehead atoms. The number of hydrogen-bond donors (Lipinski definition) is 5. The van der Waals surface area contributed by atoms with Crippen LogP contribution >= 0.6 is 0 Å². The van der Waals surface area contributed by atoms with Gasteiger partial charge in [0, 0.05) is 24.0 Å². The van der Waals surface area contributed by atoms with E-state index in [4.69, 9.17) is 4.74 Å². The van der Waals surface area contributed by atoms with Gasteiger partial charge in [0.1, 0.15) is 29.2 Å². The lowest BCUT2D eigenvalue weighted by Crippen LogP contribution is -2.51. The van der Waals surface area contributed by atoms with E-state index in [-0.39, 0.29) is 41.4 Å². The number of methoxy groups -OCH3 is 1. The number of rotatable bonds is 5.